The largest absolute Gasteiger partial charge is 0.501 e. The predicted molar refractivity (Wildman–Crippen MR) is 89.4 cm³/mol. The fourth-order valence-electron chi connectivity index (χ4n) is 2.71. The highest BCUT2D eigenvalue weighted by atomic mass is 16.5. The zero-order valence-corrected chi connectivity index (χ0v) is 13.2. The van der Waals surface area contributed by atoms with Crippen LogP contribution in [0.2, 0.25) is 0 Å². The van der Waals surface area contributed by atoms with Gasteiger partial charge in [0.05, 0.1) is 31.6 Å². The molecule has 118 valence electrons. The lowest BCUT2D eigenvalue weighted by molar-refractivity contribution is -0.119. The monoisotopic (exact) mass is 309 g/mol. The topological polar surface area (TPSA) is 38.8 Å². The molecule has 0 spiro atoms. The number of hydrogen-bond donors (Lipinski definition) is 0. The van der Waals surface area contributed by atoms with Gasteiger partial charge >= 0.3 is 0 Å². The SMILES string of the molecule is CCO/C=C1/C(=O)N(c2ccc(OC)cc2)C1c1ccccc1. The van der Waals surface area contributed by atoms with Gasteiger partial charge in [-0.05, 0) is 36.8 Å². The maximum absolute atomic E-state index is 12.6. The molecule has 1 aliphatic rings. The van der Waals surface area contributed by atoms with Crippen molar-refractivity contribution in [2.75, 3.05) is 18.6 Å². The summed E-state index contributed by atoms with van der Waals surface area (Å²) in [7, 11) is 1.62. The maximum atomic E-state index is 12.6. The van der Waals surface area contributed by atoms with E-state index in [0.29, 0.717) is 12.2 Å². The van der Waals surface area contributed by atoms with Gasteiger partial charge in [-0.25, -0.2) is 0 Å². The Bertz CT molecular complexity index is 707. The average Bonchev–Trinajstić information content (AvgIpc) is 2.61. The average molecular weight is 309 g/mol. The second-order valence-corrected chi connectivity index (χ2v) is 5.21. The van der Waals surface area contributed by atoms with E-state index in [0.717, 1.165) is 17.0 Å². The highest BCUT2D eigenvalue weighted by Gasteiger charge is 2.44. The predicted octanol–water partition coefficient (Wildman–Crippen LogP) is 3.70. The van der Waals surface area contributed by atoms with Gasteiger partial charge in [-0.3, -0.25) is 9.69 Å². The lowest BCUT2D eigenvalue weighted by Crippen LogP contribution is -2.49. The number of rotatable bonds is 5. The molecule has 1 saturated heterocycles. The fourth-order valence-corrected chi connectivity index (χ4v) is 2.71. The van der Waals surface area contributed by atoms with E-state index in [-0.39, 0.29) is 11.9 Å². The van der Waals surface area contributed by atoms with E-state index in [1.54, 1.807) is 18.3 Å². The summed E-state index contributed by atoms with van der Waals surface area (Å²) in [6.07, 6.45) is 1.58. The van der Waals surface area contributed by atoms with E-state index in [2.05, 4.69) is 0 Å². The third kappa shape index (κ3) is 2.80. The first-order valence-electron chi connectivity index (χ1n) is 7.60. The van der Waals surface area contributed by atoms with Gasteiger partial charge in [-0.1, -0.05) is 30.3 Å². The van der Waals surface area contributed by atoms with Crippen LogP contribution >= 0.6 is 0 Å². The Morgan fingerprint density at radius 3 is 2.39 bits per heavy atom. The maximum Gasteiger partial charge on any atom is 0.260 e. The van der Waals surface area contributed by atoms with Crippen LogP contribution in [-0.2, 0) is 9.53 Å². The standard InChI is InChI=1S/C19H19NO3/c1-3-23-13-17-18(14-7-5-4-6-8-14)20(19(17)21)15-9-11-16(22-2)12-10-15/h4-13,18H,3H2,1-2H3/b17-13+. The molecule has 2 aromatic carbocycles. The Morgan fingerprint density at radius 1 is 1.09 bits per heavy atom. The summed E-state index contributed by atoms with van der Waals surface area (Å²) in [6.45, 7) is 2.44. The summed E-state index contributed by atoms with van der Waals surface area (Å²) >= 11 is 0. The zero-order chi connectivity index (χ0) is 16.2. The minimum Gasteiger partial charge on any atom is -0.501 e. The normalized spacial score (nSPS) is 18.7. The number of ether oxygens (including phenoxy) is 2. The molecule has 1 amide bonds. The lowest BCUT2D eigenvalue weighted by atomic mass is 9.88. The molecule has 4 nitrogen and oxygen atoms in total. The molecule has 1 atom stereocenters. The first-order valence-corrected chi connectivity index (χ1v) is 7.60. The van der Waals surface area contributed by atoms with Crippen molar-refractivity contribution >= 4 is 11.6 Å². The van der Waals surface area contributed by atoms with E-state index >= 15 is 0 Å². The van der Waals surface area contributed by atoms with Gasteiger partial charge < -0.3 is 9.47 Å². The molecule has 0 radical (unpaired) electrons. The first-order chi connectivity index (χ1) is 11.3. The van der Waals surface area contributed by atoms with Crippen molar-refractivity contribution in [1.82, 2.24) is 0 Å². The molecular formula is C19H19NO3. The van der Waals surface area contributed by atoms with Crippen LogP contribution in [0.15, 0.2) is 66.4 Å². The third-order valence-electron chi connectivity index (χ3n) is 3.86. The van der Waals surface area contributed by atoms with Gasteiger partial charge in [0, 0.05) is 5.69 Å². The summed E-state index contributed by atoms with van der Waals surface area (Å²) in [4.78, 5) is 14.3. The molecule has 4 heteroatoms. The summed E-state index contributed by atoms with van der Waals surface area (Å²) in [6, 6.07) is 17.3. The van der Waals surface area contributed by atoms with Crippen molar-refractivity contribution < 1.29 is 14.3 Å². The summed E-state index contributed by atoms with van der Waals surface area (Å²) < 4.78 is 10.5. The van der Waals surface area contributed by atoms with Gasteiger partial charge in [0.2, 0.25) is 0 Å². The third-order valence-corrected chi connectivity index (χ3v) is 3.86. The van der Waals surface area contributed by atoms with E-state index in [9.17, 15) is 4.79 Å². The number of nitrogens with zero attached hydrogens (tertiary/aromatic N) is 1. The van der Waals surface area contributed by atoms with Crippen LogP contribution < -0.4 is 9.64 Å². The van der Waals surface area contributed by atoms with Crippen LogP contribution in [0.25, 0.3) is 0 Å². The van der Waals surface area contributed by atoms with Crippen molar-refractivity contribution in [1.29, 1.82) is 0 Å². The molecule has 1 fully saturated rings. The van der Waals surface area contributed by atoms with E-state index in [4.69, 9.17) is 9.47 Å². The number of hydrogen-bond acceptors (Lipinski definition) is 3. The second-order valence-electron chi connectivity index (χ2n) is 5.21. The highest BCUT2D eigenvalue weighted by molar-refractivity contribution is 6.15. The molecule has 0 N–H and O–H groups in total. The van der Waals surface area contributed by atoms with Crippen LogP contribution in [0, 0.1) is 0 Å². The molecule has 0 bridgehead atoms. The quantitative estimate of drug-likeness (QED) is 0.480. The minimum absolute atomic E-state index is 0.0301. The Morgan fingerprint density at radius 2 is 1.78 bits per heavy atom. The Kier molecular flexibility index (Phi) is 4.33. The van der Waals surface area contributed by atoms with Crippen LogP contribution in [0.1, 0.15) is 18.5 Å². The van der Waals surface area contributed by atoms with E-state index in [1.165, 1.54) is 0 Å². The van der Waals surface area contributed by atoms with Crippen molar-refractivity contribution in [2.24, 2.45) is 0 Å². The number of methoxy groups -OCH3 is 1. The number of carbonyl (C=O) groups is 1. The van der Waals surface area contributed by atoms with Gasteiger partial charge in [-0.2, -0.15) is 0 Å². The molecule has 3 rings (SSSR count). The molecule has 2 aromatic rings. The number of amides is 1. The molecule has 1 heterocycles. The van der Waals surface area contributed by atoms with Crippen molar-refractivity contribution in [3.8, 4) is 5.75 Å². The van der Waals surface area contributed by atoms with E-state index < -0.39 is 0 Å². The number of β-lactam (4-membered cyclic amide) rings is 1. The first kappa shape index (κ1) is 15.2. The lowest BCUT2D eigenvalue weighted by Gasteiger charge is -2.42. The zero-order valence-electron chi connectivity index (χ0n) is 13.2. The Hall–Kier alpha value is -2.75. The second kappa shape index (κ2) is 6.57. The Labute approximate surface area is 135 Å². The van der Waals surface area contributed by atoms with Crippen LogP contribution in [0.4, 0.5) is 5.69 Å². The van der Waals surface area contributed by atoms with E-state index in [1.807, 2.05) is 61.5 Å². The van der Waals surface area contributed by atoms with Crippen LogP contribution in [0.5, 0.6) is 5.75 Å². The van der Waals surface area contributed by atoms with Crippen molar-refractivity contribution in [3.63, 3.8) is 0 Å². The molecule has 0 saturated carbocycles. The molecule has 0 aromatic heterocycles. The van der Waals surface area contributed by atoms with Crippen LogP contribution in [0.3, 0.4) is 0 Å². The number of carbonyl (C=O) groups excluding carboxylic acids is 1. The van der Waals surface area contributed by atoms with Gasteiger partial charge in [-0.15, -0.1) is 0 Å². The van der Waals surface area contributed by atoms with Crippen molar-refractivity contribution in [3.05, 3.63) is 72.0 Å². The number of anilines is 1. The highest BCUT2D eigenvalue weighted by Crippen LogP contribution is 2.43. The van der Waals surface area contributed by atoms with Gasteiger partial charge in [0.1, 0.15) is 5.75 Å². The smallest absolute Gasteiger partial charge is 0.260 e. The molecule has 0 aliphatic carbocycles. The van der Waals surface area contributed by atoms with Gasteiger partial charge in [0.25, 0.3) is 5.91 Å². The van der Waals surface area contributed by atoms with Crippen LogP contribution in [-0.4, -0.2) is 19.6 Å². The minimum atomic E-state index is -0.122. The molecular weight excluding hydrogens is 290 g/mol. The fraction of sp³-hybridized carbons (Fsp3) is 0.211. The summed E-state index contributed by atoms with van der Waals surface area (Å²) in [5.74, 6) is 0.737. The summed E-state index contributed by atoms with van der Waals surface area (Å²) in [5.41, 5.74) is 2.58. The molecule has 23 heavy (non-hydrogen) atoms. The molecule has 1 aliphatic heterocycles. The molecule has 1 unspecified atom stereocenters. The summed E-state index contributed by atoms with van der Waals surface area (Å²) in [5, 5.41) is 0. The number of benzene rings is 2. The Balaban J connectivity index is 1.96. The van der Waals surface area contributed by atoms with Crippen molar-refractivity contribution in [2.45, 2.75) is 13.0 Å². The van der Waals surface area contributed by atoms with Gasteiger partial charge in [0.15, 0.2) is 0 Å².